The number of halogens is 2. The molecule has 1 N–H and O–H groups in total. The van der Waals surface area contributed by atoms with Crippen LogP contribution in [0.3, 0.4) is 0 Å². The fraction of sp³-hybridized carbons (Fsp3) is 0.273. The summed E-state index contributed by atoms with van der Waals surface area (Å²) < 4.78 is 31.4. The van der Waals surface area contributed by atoms with Gasteiger partial charge in [0.1, 0.15) is 22.4 Å². The van der Waals surface area contributed by atoms with E-state index in [2.05, 4.69) is 15.5 Å². The lowest BCUT2D eigenvalue weighted by Gasteiger charge is -2.31. The van der Waals surface area contributed by atoms with Gasteiger partial charge >= 0.3 is 0 Å². The highest BCUT2D eigenvalue weighted by Gasteiger charge is 2.28. The number of aromatic nitrogens is 2. The summed E-state index contributed by atoms with van der Waals surface area (Å²) in [4.78, 5) is 26.7. The fourth-order valence-electron chi connectivity index (χ4n) is 3.38. The molecule has 1 aliphatic rings. The number of amides is 2. The van der Waals surface area contributed by atoms with Crippen LogP contribution in [0.25, 0.3) is 0 Å². The average molecular weight is 458 g/mol. The van der Waals surface area contributed by atoms with Crippen LogP contribution < -0.4 is 10.1 Å². The van der Waals surface area contributed by atoms with Crippen molar-refractivity contribution in [3.8, 4) is 5.75 Å². The van der Waals surface area contributed by atoms with Crippen LogP contribution in [-0.4, -0.2) is 46.6 Å². The maximum Gasteiger partial charge on any atom is 0.286 e. The van der Waals surface area contributed by atoms with Crippen molar-refractivity contribution in [1.29, 1.82) is 0 Å². The van der Waals surface area contributed by atoms with Crippen molar-refractivity contribution in [3.05, 3.63) is 70.2 Å². The molecule has 0 saturated carbocycles. The molecule has 1 aromatic heterocycles. The summed E-state index contributed by atoms with van der Waals surface area (Å²) in [6, 6.07) is 10.9. The molecule has 32 heavy (non-hydrogen) atoms. The standard InChI is InChI=1S/C22H20F2N4O3S/c23-15-3-7-17(8-4-15)25-20(30)22-27-26-21(32-22)14-2-1-11-28(12-14)19(29)13-31-18-9-5-16(24)6-10-18/h3-10,14H,1-2,11-13H2,(H,25,30). The van der Waals surface area contributed by atoms with Gasteiger partial charge in [-0.3, -0.25) is 9.59 Å². The summed E-state index contributed by atoms with van der Waals surface area (Å²) >= 11 is 1.18. The van der Waals surface area contributed by atoms with Crippen molar-refractivity contribution in [1.82, 2.24) is 15.1 Å². The molecular weight excluding hydrogens is 438 g/mol. The molecule has 7 nitrogen and oxygen atoms in total. The second-order valence-corrected chi connectivity index (χ2v) is 8.34. The number of nitrogens with one attached hydrogen (secondary N) is 1. The number of rotatable bonds is 6. The lowest BCUT2D eigenvalue weighted by Crippen LogP contribution is -2.41. The molecule has 2 amide bonds. The zero-order valence-electron chi connectivity index (χ0n) is 17.0. The molecule has 1 fully saturated rings. The third-order valence-electron chi connectivity index (χ3n) is 5.04. The zero-order valence-corrected chi connectivity index (χ0v) is 17.8. The maximum absolute atomic E-state index is 13.0. The van der Waals surface area contributed by atoms with E-state index < -0.39 is 5.91 Å². The van der Waals surface area contributed by atoms with Gasteiger partial charge < -0.3 is 15.0 Å². The highest BCUT2D eigenvalue weighted by Crippen LogP contribution is 2.29. The highest BCUT2D eigenvalue weighted by atomic mass is 32.1. The van der Waals surface area contributed by atoms with Gasteiger partial charge in [-0.2, -0.15) is 0 Å². The van der Waals surface area contributed by atoms with E-state index in [0.29, 0.717) is 29.5 Å². The van der Waals surface area contributed by atoms with Crippen molar-refractivity contribution in [3.63, 3.8) is 0 Å². The minimum Gasteiger partial charge on any atom is -0.484 e. The second-order valence-electron chi connectivity index (χ2n) is 7.33. The van der Waals surface area contributed by atoms with E-state index in [1.807, 2.05) is 0 Å². The summed E-state index contributed by atoms with van der Waals surface area (Å²) in [5, 5.41) is 11.7. The van der Waals surface area contributed by atoms with E-state index in [-0.39, 0.29) is 35.1 Å². The first-order valence-electron chi connectivity index (χ1n) is 10.0. The summed E-state index contributed by atoms with van der Waals surface area (Å²) in [7, 11) is 0. The number of carbonyl (C=O) groups is 2. The third kappa shape index (κ3) is 5.44. The van der Waals surface area contributed by atoms with Crippen LogP contribution in [0.4, 0.5) is 14.5 Å². The molecule has 0 aliphatic carbocycles. The van der Waals surface area contributed by atoms with Gasteiger partial charge in [-0.1, -0.05) is 11.3 Å². The van der Waals surface area contributed by atoms with Crippen LogP contribution in [-0.2, 0) is 4.79 Å². The molecule has 2 heterocycles. The van der Waals surface area contributed by atoms with Crippen molar-refractivity contribution in [2.24, 2.45) is 0 Å². The number of hydrogen-bond acceptors (Lipinski definition) is 6. The Kier molecular flexibility index (Phi) is 6.69. The molecule has 4 rings (SSSR count). The quantitative estimate of drug-likeness (QED) is 0.607. The van der Waals surface area contributed by atoms with Crippen LogP contribution in [0.2, 0.25) is 0 Å². The molecule has 1 unspecified atom stereocenters. The number of anilines is 1. The van der Waals surface area contributed by atoms with Crippen LogP contribution in [0.1, 0.15) is 33.6 Å². The molecule has 0 bridgehead atoms. The summed E-state index contributed by atoms with van der Waals surface area (Å²) in [5.41, 5.74) is 0.462. The number of ether oxygens (including phenoxy) is 1. The number of piperidine rings is 1. The third-order valence-corrected chi connectivity index (χ3v) is 6.12. The molecule has 2 aromatic carbocycles. The first-order valence-corrected chi connectivity index (χ1v) is 10.9. The Morgan fingerprint density at radius 2 is 1.75 bits per heavy atom. The predicted octanol–water partition coefficient (Wildman–Crippen LogP) is 3.85. The van der Waals surface area contributed by atoms with Crippen LogP contribution in [0.5, 0.6) is 5.75 Å². The van der Waals surface area contributed by atoms with Crippen molar-refractivity contribution in [2.75, 3.05) is 25.0 Å². The maximum atomic E-state index is 13.0. The van der Waals surface area contributed by atoms with Crippen LogP contribution in [0.15, 0.2) is 48.5 Å². The Bertz CT molecular complexity index is 1090. The van der Waals surface area contributed by atoms with Gasteiger partial charge in [-0.25, -0.2) is 8.78 Å². The Morgan fingerprint density at radius 1 is 1.06 bits per heavy atom. The lowest BCUT2D eigenvalue weighted by atomic mass is 9.99. The summed E-state index contributed by atoms with van der Waals surface area (Å²) in [6.07, 6.45) is 1.63. The monoisotopic (exact) mass is 458 g/mol. The average Bonchev–Trinajstić information content (AvgIpc) is 3.31. The van der Waals surface area contributed by atoms with Crippen molar-refractivity contribution < 1.29 is 23.1 Å². The van der Waals surface area contributed by atoms with Crippen molar-refractivity contribution >= 4 is 28.8 Å². The molecular formula is C22H20F2N4O3S. The predicted molar refractivity (Wildman–Crippen MR) is 115 cm³/mol. The van der Waals surface area contributed by atoms with Crippen LogP contribution >= 0.6 is 11.3 Å². The van der Waals surface area contributed by atoms with Gasteiger partial charge in [-0.15, -0.1) is 10.2 Å². The number of carbonyl (C=O) groups excluding carboxylic acids is 2. The van der Waals surface area contributed by atoms with Gasteiger partial charge in [0.05, 0.1) is 0 Å². The Morgan fingerprint density at radius 3 is 2.47 bits per heavy atom. The minimum absolute atomic E-state index is 0.0246. The molecule has 166 valence electrons. The van der Waals surface area contributed by atoms with E-state index in [1.54, 1.807) is 4.90 Å². The van der Waals surface area contributed by atoms with E-state index >= 15 is 0 Å². The largest absolute Gasteiger partial charge is 0.484 e. The first kappa shape index (κ1) is 21.8. The van der Waals surface area contributed by atoms with E-state index in [9.17, 15) is 18.4 Å². The fourth-order valence-corrected chi connectivity index (χ4v) is 4.25. The molecule has 3 aromatic rings. The van der Waals surface area contributed by atoms with E-state index in [1.165, 1.54) is 59.9 Å². The van der Waals surface area contributed by atoms with Gasteiger partial charge in [0.15, 0.2) is 6.61 Å². The van der Waals surface area contributed by atoms with Gasteiger partial charge in [0.25, 0.3) is 11.8 Å². The highest BCUT2D eigenvalue weighted by molar-refractivity contribution is 7.13. The molecule has 1 aliphatic heterocycles. The number of likely N-dealkylation sites (tertiary alicyclic amines) is 1. The molecule has 1 atom stereocenters. The second kappa shape index (κ2) is 9.82. The van der Waals surface area contributed by atoms with E-state index in [0.717, 1.165) is 12.8 Å². The normalized spacial score (nSPS) is 15.9. The molecule has 0 radical (unpaired) electrons. The molecule has 10 heteroatoms. The summed E-state index contributed by atoms with van der Waals surface area (Å²) in [5.74, 6) is -0.946. The molecule has 0 spiro atoms. The van der Waals surface area contributed by atoms with Crippen molar-refractivity contribution in [2.45, 2.75) is 18.8 Å². The number of nitrogens with zero attached hydrogens (tertiary/aromatic N) is 3. The number of hydrogen-bond donors (Lipinski definition) is 1. The Balaban J connectivity index is 1.33. The Hall–Kier alpha value is -3.40. The topological polar surface area (TPSA) is 84.4 Å². The zero-order chi connectivity index (χ0) is 22.5. The lowest BCUT2D eigenvalue weighted by molar-refractivity contribution is -0.134. The van der Waals surface area contributed by atoms with E-state index in [4.69, 9.17) is 4.74 Å². The van der Waals surface area contributed by atoms with Gasteiger partial charge in [0.2, 0.25) is 5.01 Å². The van der Waals surface area contributed by atoms with Crippen LogP contribution in [0, 0.1) is 11.6 Å². The van der Waals surface area contributed by atoms with Gasteiger partial charge in [-0.05, 0) is 61.4 Å². The number of benzene rings is 2. The summed E-state index contributed by atoms with van der Waals surface area (Å²) in [6.45, 7) is 0.929. The SMILES string of the molecule is O=C(Nc1ccc(F)cc1)c1nnc(C2CCCN(C(=O)COc3ccc(F)cc3)C2)s1. The van der Waals surface area contributed by atoms with Gasteiger partial charge in [0, 0.05) is 24.7 Å². The molecule has 1 saturated heterocycles. The minimum atomic E-state index is -0.420. The smallest absolute Gasteiger partial charge is 0.286 e. The Labute approximate surface area is 187 Å². The first-order chi connectivity index (χ1) is 15.5.